The quantitative estimate of drug-likeness (QED) is 0.798. The van der Waals surface area contributed by atoms with E-state index in [0.717, 1.165) is 18.4 Å². The Morgan fingerprint density at radius 2 is 2.05 bits per heavy atom. The Balaban J connectivity index is 1.65. The Kier molecular flexibility index (Phi) is 5.57. The average molecular weight is 292 g/mol. The van der Waals surface area contributed by atoms with Gasteiger partial charge in [-0.3, -0.25) is 10.1 Å². The number of ether oxygens (including phenoxy) is 2. The summed E-state index contributed by atoms with van der Waals surface area (Å²) in [4.78, 5) is 23.0. The number of hydrogen-bond donors (Lipinski definition) is 2. The number of amides is 1. The first kappa shape index (κ1) is 15.3. The standard InChI is InChI=1S/C15H20N2O4/c1-20-14(18)13-8-7-12(17-13)9-16-15(19)21-10-11-5-3-2-4-6-11/h2-6,12-13,17H,7-10H2,1H3,(H,16,19). The number of benzene rings is 1. The lowest BCUT2D eigenvalue weighted by atomic mass is 10.2. The van der Waals surface area contributed by atoms with E-state index in [1.165, 1.54) is 7.11 Å². The Morgan fingerprint density at radius 3 is 2.76 bits per heavy atom. The molecule has 0 bridgehead atoms. The van der Waals surface area contributed by atoms with E-state index in [9.17, 15) is 9.59 Å². The summed E-state index contributed by atoms with van der Waals surface area (Å²) in [7, 11) is 1.37. The van der Waals surface area contributed by atoms with Crippen molar-refractivity contribution in [2.45, 2.75) is 31.5 Å². The molecule has 2 N–H and O–H groups in total. The van der Waals surface area contributed by atoms with Gasteiger partial charge in [0.05, 0.1) is 7.11 Å². The molecule has 0 spiro atoms. The number of esters is 1. The zero-order valence-electron chi connectivity index (χ0n) is 12.0. The minimum absolute atomic E-state index is 0.0679. The van der Waals surface area contributed by atoms with Crippen molar-refractivity contribution in [3.05, 3.63) is 35.9 Å². The first-order chi connectivity index (χ1) is 10.2. The van der Waals surface area contributed by atoms with Gasteiger partial charge in [0.1, 0.15) is 12.6 Å². The molecule has 0 saturated carbocycles. The van der Waals surface area contributed by atoms with Crippen LogP contribution in [0.5, 0.6) is 0 Å². The van der Waals surface area contributed by atoms with E-state index in [-0.39, 0.29) is 24.7 Å². The zero-order valence-corrected chi connectivity index (χ0v) is 12.0. The van der Waals surface area contributed by atoms with Crippen LogP contribution in [-0.4, -0.2) is 37.8 Å². The van der Waals surface area contributed by atoms with E-state index in [0.29, 0.717) is 6.54 Å². The molecule has 21 heavy (non-hydrogen) atoms. The number of nitrogens with one attached hydrogen (secondary N) is 2. The highest BCUT2D eigenvalue weighted by molar-refractivity contribution is 5.76. The molecule has 0 aliphatic carbocycles. The van der Waals surface area contributed by atoms with Crippen LogP contribution in [0.4, 0.5) is 4.79 Å². The zero-order chi connectivity index (χ0) is 15.1. The van der Waals surface area contributed by atoms with Crippen molar-refractivity contribution >= 4 is 12.1 Å². The molecule has 0 radical (unpaired) electrons. The van der Waals surface area contributed by atoms with Gasteiger partial charge < -0.3 is 14.8 Å². The van der Waals surface area contributed by atoms with Crippen molar-refractivity contribution in [1.82, 2.24) is 10.6 Å². The Hall–Kier alpha value is -2.08. The third-order valence-electron chi connectivity index (χ3n) is 3.43. The number of methoxy groups -OCH3 is 1. The number of carbonyl (C=O) groups is 2. The van der Waals surface area contributed by atoms with Gasteiger partial charge in [0.15, 0.2) is 0 Å². The molecule has 1 amide bonds. The van der Waals surface area contributed by atoms with Crippen LogP contribution < -0.4 is 10.6 Å². The van der Waals surface area contributed by atoms with Crippen molar-refractivity contribution in [3.8, 4) is 0 Å². The summed E-state index contributed by atoms with van der Waals surface area (Å²) in [6.45, 7) is 0.677. The van der Waals surface area contributed by atoms with E-state index < -0.39 is 6.09 Å². The molecule has 1 heterocycles. The smallest absolute Gasteiger partial charge is 0.407 e. The molecular formula is C15H20N2O4. The molecule has 6 nitrogen and oxygen atoms in total. The molecule has 1 fully saturated rings. The number of rotatable bonds is 5. The SMILES string of the molecule is COC(=O)C1CCC(CNC(=O)OCc2ccccc2)N1. The lowest BCUT2D eigenvalue weighted by molar-refractivity contribution is -0.142. The van der Waals surface area contributed by atoms with Crippen LogP contribution in [0.15, 0.2) is 30.3 Å². The summed E-state index contributed by atoms with van der Waals surface area (Å²) in [5, 5.41) is 5.82. The molecule has 1 aliphatic heterocycles. The molecule has 2 atom stereocenters. The normalized spacial score (nSPS) is 20.8. The minimum atomic E-state index is -0.456. The maximum atomic E-state index is 11.6. The third kappa shape index (κ3) is 4.75. The fourth-order valence-corrected chi connectivity index (χ4v) is 2.29. The molecule has 114 valence electrons. The van der Waals surface area contributed by atoms with E-state index in [2.05, 4.69) is 15.4 Å². The van der Waals surface area contributed by atoms with Gasteiger partial charge in [0.2, 0.25) is 0 Å². The van der Waals surface area contributed by atoms with Crippen molar-refractivity contribution in [1.29, 1.82) is 0 Å². The molecule has 1 aromatic carbocycles. The van der Waals surface area contributed by atoms with Gasteiger partial charge in [-0.05, 0) is 18.4 Å². The van der Waals surface area contributed by atoms with Crippen LogP contribution in [0.1, 0.15) is 18.4 Å². The molecule has 2 unspecified atom stereocenters. The predicted octanol–water partition coefficient (Wildman–Crippen LogP) is 1.21. The highest BCUT2D eigenvalue weighted by atomic mass is 16.5. The summed E-state index contributed by atoms with van der Waals surface area (Å²) in [5.41, 5.74) is 0.942. The maximum absolute atomic E-state index is 11.6. The van der Waals surface area contributed by atoms with E-state index in [1.807, 2.05) is 30.3 Å². The van der Waals surface area contributed by atoms with Crippen molar-refractivity contribution in [3.63, 3.8) is 0 Å². The van der Waals surface area contributed by atoms with Crippen LogP contribution in [0.3, 0.4) is 0 Å². The summed E-state index contributed by atoms with van der Waals surface area (Å²) in [6, 6.07) is 9.28. The lowest BCUT2D eigenvalue weighted by Gasteiger charge is -2.13. The first-order valence-electron chi connectivity index (χ1n) is 6.97. The van der Waals surface area contributed by atoms with Crippen molar-refractivity contribution in [2.24, 2.45) is 0 Å². The third-order valence-corrected chi connectivity index (χ3v) is 3.43. The van der Waals surface area contributed by atoms with Gasteiger partial charge in [-0.15, -0.1) is 0 Å². The van der Waals surface area contributed by atoms with Gasteiger partial charge in [-0.2, -0.15) is 0 Å². The maximum Gasteiger partial charge on any atom is 0.407 e. The largest absolute Gasteiger partial charge is 0.468 e. The van der Waals surface area contributed by atoms with Crippen molar-refractivity contribution < 1.29 is 19.1 Å². The average Bonchev–Trinajstić information content (AvgIpc) is 3.00. The second kappa shape index (κ2) is 7.64. The first-order valence-corrected chi connectivity index (χ1v) is 6.97. The second-order valence-corrected chi connectivity index (χ2v) is 4.96. The summed E-state index contributed by atoms with van der Waals surface area (Å²) < 4.78 is 9.80. The topological polar surface area (TPSA) is 76.7 Å². The predicted molar refractivity (Wildman–Crippen MR) is 76.6 cm³/mol. The number of carbonyl (C=O) groups excluding carboxylic acids is 2. The van der Waals surface area contributed by atoms with Crippen LogP contribution in [0.2, 0.25) is 0 Å². The van der Waals surface area contributed by atoms with E-state index in [1.54, 1.807) is 0 Å². The Morgan fingerprint density at radius 1 is 1.29 bits per heavy atom. The minimum Gasteiger partial charge on any atom is -0.468 e. The van der Waals surface area contributed by atoms with Gasteiger partial charge in [0.25, 0.3) is 0 Å². The summed E-state index contributed by atoms with van der Waals surface area (Å²) >= 11 is 0. The Bertz CT molecular complexity index is 478. The highest BCUT2D eigenvalue weighted by Gasteiger charge is 2.29. The van der Waals surface area contributed by atoms with Gasteiger partial charge >= 0.3 is 12.1 Å². The molecule has 1 aliphatic rings. The van der Waals surface area contributed by atoms with E-state index >= 15 is 0 Å². The van der Waals surface area contributed by atoms with Crippen LogP contribution in [0, 0.1) is 0 Å². The molecule has 1 saturated heterocycles. The highest BCUT2D eigenvalue weighted by Crippen LogP contribution is 2.12. The van der Waals surface area contributed by atoms with Gasteiger partial charge in [0, 0.05) is 12.6 Å². The monoisotopic (exact) mass is 292 g/mol. The lowest BCUT2D eigenvalue weighted by Crippen LogP contribution is -2.42. The Labute approximate surface area is 123 Å². The summed E-state index contributed by atoms with van der Waals surface area (Å²) in [5.74, 6) is -0.260. The van der Waals surface area contributed by atoms with Gasteiger partial charge in [-0.25, -0.2) is 4.79 Å². The number of alkyl carbamates (subject to hydrolysis) is 1. The summed E-state index contributed by atoms with van der Waals surface area (Å²) in [6.07, 6.45) is 1.08. The van der Waals surface area contributed by atoms with Gasteiger partial charge in [-0.1, -0.05) is 30.3 Å². The fourth-order valence-electron chi connectivity index (χ4n) is 2.29. The molecule has 1 aromatic rings. The van der Waals surface area contributed by atoms with Crippen molar-refractivity contribution in [2.75, 3.05) is 13.7 Å². The second-order valence-electron chi connectivity index (χ2n) is 4.96. The molecule has 0 aromatic heterocycles. The molecule has 6 heteroatoms. The van der Waals surface area contributed by atoms with Crippen LogP contribution in [0.25, 0.3) is 0 Å². The fraction of sp³-hybridized carbons (Fsp3) is 0.467. The molecular weight excluding hydrogens is 272 g/mol. The number of hydrogen-bond acceptors (Lipinski definition) is 5. The van der Waals surface area contributed by atoms with Crippen LogP contribution in [-0.2, 0) is 20.9 Å². The van der Waals surface area contributed by atoms with E-state index in [4.69, 9.17) is 4.74 Å². The van der Waals surface area contributed by atoms with Crippen LogP contribution >= 0.6 is 0 Å². The molecule has 2 rings (SSSR count).